The third-order valence-electron chi connectivity index (χ3n) is 2.58. The van der Waals surface area contributed by atoms with Gasteiger partial charge in [-0.2, -0.15) is 0 Å². The Labute approximate surface area is 104 Å². The summed E-state index contributed by atoms with van der Waals surface area (Å²) in [5.41, 5.74) is 5.28. The summed E-state index contributed by atoms with van der Waals surface area (Å²) in [4.78, 5) is 48.0. The lowest BCUT2D eigenvalue weighted by Crippen LogP contribution is -2.59. The van der Waals surface area contributed by atoms with Crippen molar-refractivity contribution in [3.63, 3.8) is 0 Å². The molecule has 8 nitrogen and oxygen atoms in total. The summed E-state index contributed by atoms with van der Waals surface area (Å²) in [5, 5.41) is 1.96. The van der Waals surface area contributed by atoms with Gasteiger partial charge >= 0.3 is 17.8 Å². The molecular formula is C10H16N4O4. The second kappa shape index (κ2) is 5.58. The number of rotatable bonds is 2. The molecule has 0 saturated carbocycles. The van der Waals surface area contributed by atoms with Gasteiger partial charge in [0.25, 0.3) is 0 Å². The first kappa shape index (κ1) is 14.1. The lowest BCUT2D eigenvalue weighted by atomic mass is 10.3. The molecule has 3 N–H and O–H groups in total. The van der Waals surface area contributed by atoms with E-state index in [4.69, 9.17) is 5.73 Å². The van der Waals surface area contributed by atoms with E-state index in [1.807, 2.05) is 5.32 Å². The number of hydrogen-bond donors (Lipinski definition) is 2. The second-order valence-electron chi connectivity index (χ2n) is 3.92. The SMILES string of the molecule is CCN1CCN(C(=O)NC(=O)[C@H](C)N)C(=O)C1=O. The van der Waals surface area contributed by atoms with Crippen LogP contribution in [0.5, 0.6) is 0 Å². The summed E-state index contributed by atoms with van der Waals surface area (Å²) in [5.74, 6) is -2.37. The fourth-order valence-corrected chi connectivity index (χ4v) is 1.46. The highest BCUT2D eigenvalue weighted by Gasteiger charge is 2.35. The largest absolute Gasteiger partial charge is 0.333 e. The van der Waals surface area contributed by atoms with E-state index in [0.717, 1.165) is 4.90 Å². The van der Waals surface area contributed by atoms with Gasteiger partial charge in [0.1, 0.15) is 0 Å². The van der Waals surface area contributed by atoms with Crippen LogP contribution in [0.1, 0.15) is 13.8 Å². The van der Waals surface area contributed by atoms with Crippen molar-refractivity contribution >= 4 is 23.8 Å². The molecule has 5 amide bonds. The Bertz CT molecular complexity index is 393. The van der Waals surface area contributed by atoms with Gasteiger partial charge in [0.05, 0.1) is 6.04 Å². The molecule has 0 aromatic heterocycles. The smallest absolute Gasteiger partial charge is 0.331 e. The first-order valence-electron chi connectivity index (χ1n) is 5.59. The number of carbonyl (C=O) groups is 4. The number of nitrogens with one attached hydrogen (secondary N) is 1. The van der Waals surface area contributed by atoms with Crippen LogP contribution in [-0.4, -0.2) is 59.2 Å². The molecule has 0 bridgehead atoms. The highest BCUT2D eigenvalue weighted by atomic mass is 16.2. The predicted octanol–water partition coefficient (Wildman–Crippen LogP) is -1.74. The van der Waals surface area contributed by atoms with E-state index in [1.54, 1.807) is 6.92 Å². The van der Waals surface area contributed by atoms with E-state index < -0.39 is 29.8 Å². The Kier molecular flexibility index (Phi) is 4.38. The van der Waals surface area contributed by atoms with Gasteiger partial charge in [0.15, 0.2) is 0 Å². The molecule has 0 aromatic carbocycles. The van der Waals surface area contributed by atoms with Crippen LogP contribution >= 0.6 is 0 Å². The van der Waals surface area contributed by atoms with Crippen LogP contribution in [0.3, 0.4) is 0 Å². The molecular weight excluding hydrogens is 240 g/mol. The van der Waals surface area contributed by atoms with Crippen molar-refractivity contribution < 1.29 is 19.2 Å². The predicted molar refractivity (Wildman–Crippen MR) is 61.2 cm³/mol. The monoisotopic (exact) mass is 256 g/mol. The van der Waals surface area contributed by atoms with Gasteiger partial charge in [0, 0.05) is 19.6 Å². The number of carbonyl (C=O) groups excluding carboxylic acids is 4. The molecule has 1 aliphatic heterocycles. The molecule has 0 unspecified atom stereocenters. The molecule has 1 heterocycles. The summed E-state index contributed by atoms with van der Waals surface area (Å²) < 4.78 is 0. The zero-order chi connectivity index (χ0) is 13.9. The summed E-state index contributed by atoms with van der Waals surface area (Å²) in [6.07, 6.45) is 0. The summed E-state index contributed by atoms with van der Waals surface area (Å²) in [6, 6.07) is -1.77. The molecule has 1 saturated heterocycles. The Balaban J connectivity index is 2.68. The van der Waals surface area contributed by atoms with Crippen LogP contribution in [0.2, 0.25) is 0 Å². The summed E-state index contributed by atoms with van der Waals surface area (Å²) in [7, 11) is 0. The van der Waals surface area contributed by atoms with Gasteiger partial charge in [-0.1, -0.05) is 0 Å². The first-order chi connectivity index (χ1) is 8.38. The number of nitrogens with two attached hydrogens (primary N) is 1. The maximum absolute atomic E-state index is 11.6. The van der Waals surface area contributed by atoms with Crippen LogP contribution in [0.25, 0.3) is 0 Å². The average molecular weight is 256 g/mol. The quantitative estimate of drug-likeness (QED) is 0.569. The van der Waals surface area contributed by atoms with Crippen LogP contribution in [-0.2, 0) is 14.4 Å². The molecule has 8 heteroatoms. The average Bonchev–Trinajstić information content (AvgIpc) is 2.32. The van der Waals surface area contributed by atoms with Crippen LogP contribution < -0.4 is 11.1 Å². The minimum Gasteiger partial charge on any atom is -0.333 e. The Morgan fingerprint density at radius 2 is 1.94 bits per heavy atom. The molecule has 18 heavy (non-hydrogen) atoms. The molecule has 1 fully saturated rings. The number of nitrogens with zero attached hydrogens (tertiary/aromatic N) is 2. The van der Waals surface area contributed by atoms with Gasteiger partial charge in [-0.15, -0.1) is 0 Å². The minimum absolute atomic E-state index is 0.0660. The van der Waals surface area contributed by atoms with Crippen molar-refractivity contribution in [3.8, 4) is 0 Å². The fraction of sp³-hybridized carbons (Fsp3) is 0.600. The van der Waals surface area contributed by atoms with Gasteiger partial charge in [-0.3, -0.25) is 24.6 Å². The molecule has 1 atom stereocenters. The lowest BCUT2D eigenvalue weighted by Gasteiger charge is -2.31. The summed E-state index contributed by atoms with van der Waals surface area (Å²) >= 11 is 0. The van der Waals surface area contributed by atoms with Crippen LogP contribution in [0.4, 0.5) is 4.79 Å². The van der Waals surface area contributed by atoms with Crippen LogP contribution in [0.15, 0.2) is 0 Å². The Morgan fingerprint density at radius 1 is 1.33 bits per heavy atom. The molecule has 0 aromatic rings. The third kappa shape index (κ3) is 2.83. The van der Waals surface area contributed by atoms with Crippen molar-refractivity contribution in [2.45, 2.75) is 19.9 Å². The Hall–Kier alpha value is -1.96. The third-order valence-corrected chi connectivity index (χ3v) is 2.58. The van der Waals surface area contributed by atoms with Crippen molar-refractivity contribution in [1.82, 2.24) is 15.1 Å². The fourth-order valence-electron chi connectivity index (χ4n) is 1.46. The normalized spacial score (nSPS) is 17.7. The molecule has 1 aliphatic rings. The topological polar surface area (TPSA) is 113 Å². The number of piperazine rings is 1. The van der Waals surface area contributed by atoms with Crippen molar-refractivity contribution in [2.75, 3.05) is 19.6 Å². The van der Waals surface area contributed by atoms with Gasteiger partial charge in [-0.25, -0.2) is 4.79 Å². The van der Waals surface area contributed by atoms with Crippen molar-refractivity contribution in [1.29, 1.82) is 0 Å². The van der Waals surface area contributed by atoms with Crippen LogP contribution in [0, 0.1) is 0 Å². The number of hydrogen-bond acceptors (Lipinski definition) is 5. The standard InChI is InChI=1S/C10H16N4O4/c1-3-13-4-5-14(9(17)8(13)16)10(18)12-7(15)6(2)11/h6H,3-5,11H2,1-2H3,(H,12,15,18)/t6-/m0/s1. The minimum atomic E-state index is -0.932. The van der Waals surface area contributed by atoms with Gasteiger partial charge < -0.3 is 10.6 Å². The maximum Gasteiger partial charge on any atom is 0.331 e. The molecule has 0 spiro atoms. The van der Waals surface area contributed by atoms with E-state index in [-0.39, 0.29) is 13.1 Å². The molecule has 1 rings (SSSR count). The zero-order valence-electron chi connectivity index (χ0n) is 10.3. The molecule has 100 valence electrons. The number of amides is 5. The number of likely N-dealkylation sites (N-methyl/N-ethyl adjacent to an activating group) is 1. The highest BCUT2D eigenvalue weighted by Crippen LogP contribution is 2.05. The first-order valence-corrected chi connectivity index (χ1v) is 5.59. The van der Waals surface area contributed by atoms with E-state index >= 15 is 0 Å². The summed E-state index contributed by atoms with van der Waals surface area (Å²) in [6.45, 7) is 3.88. The van der Waals surface area contributed by atoms with Gasteiger partial charge in [0.2, 0.25) is 5.91 Å². The maximum atomic E-state index is 11.6. The van der Waals surface area contributed by atoms with E-state index in [2.05, 4.69) is 0 Å². The molecule has 0 radical (unpaired) electrons. The van der Waals surface area contributed by atoms with Gasteiger partial charge in [-0.05, 0) is 13.8 Å². The lowest BCUT2D eigenvalue weighted by molar-refractivity contribution is -0.153. The van der Waals surface area contributed by atoms with Crippen molar-refractivity contribution in [2.24, 2.45) is 5.73 Å². The van der Waals surface area contributed by atoms with Crippen molar-refractivity contribution in [3.05, 3.63) is 0 Å². The Morgan fingerprint density at radius 3 is 2.44 bits per heavy atom. The second-order valence-corrected chi connectivity index (χ2v) is 3.92. The number of imide groups is 2. The van der Waals surface area contributed by atoms with E-state index in [1.165, 1.54) is 11.8 Å². The number of urea groups is 1. The zero-order valence-corrected chi connectivity index (χ0v) is 10.3. The molecule has 0 aliphatic carbocycles. The highest BCUT2D eigenvalue weighted by molar-refractivity contribution is 6.38. The van der Waals surface area contributed by atoms with E-state index in [9.17, 15) is 19.2 Å². The van der Waals surface area contributed by atoms with E-state index in [0.29, 0.717) is 6.54 Å².